The zero-order valence-corrected chi connectivity index (χ0v) is 15.2. The minimum Gasteiger partial charge on any atom is -0.315 e. The van der Waals surface area contributed by atoms with Crippen molar-refractivity contribution in [2.45, 2.75) is 24.6 Å². The first-order valence-corrected chi connectivity index (χ1v) is 10.3. The molecule has 6 nitrogen and oxygen atoms in total. The normalized spacial score (nSPS) is 26.4. The maximum Gasteiger partial charge on any atom is 0.262 e. The highest BCUT2D eigenvalue weighted by Crippen LogP contribution is 2.42. The van der Waals surface area contributed by atoms with Gasteiger partial charge in [0.1, 0.15) is 6.42 Å². The molecule has 2 aliphatic rings. The molecule has 2 saturated heterocycles. The first-order valence-electron chi connectivity index (χ1n) is 7.21. The summed E-state index contributed by atoms with van der Waals surface area (Å²) < 4.78 is 24.0. The predicted molar refractivity (Wildman–Crippen MR) is 95.2 cm³/mol. The fraction of sp³-hybridized carbons (Fsp3) is 0.400. The Morgan fingerprint density at radius 2 is 2.25 bits per heavy atom. The summed E-state index contributed by atoms with van der Waals surface area (Å²) in [4.78, 5) is 17.6. The second kappa shape index (κ2) is 6.39. The summed E-state index contributed by atoms with van der Waals surface area (Å²) in [6, 6.07) is 6.83. The molecule has 0 aromatic heterocycles. The predicted octanol–water partition coefficient (Wildman–Crippen LogP) is 2.16. The van der Waals surface area contributed by atoms with Crippen LogP contribution >= 0.6 is 23.4 Å². The van der Waals surface area contributed by atoms with E-state index in [1.807, 2.05) is 13.0 Å². The summed E-state index contributed by atoms with van der Waals surface area (Å²) in [6.45, 7) is 1.89. The number of sulfone groups is 1. The number of nitrogens with zero attached hydrogens (tertiary/aromatic N) is 3. The molecular weight excluding hydrogens is 370 g/mol. The molecule has 2 heterocycles. The number of aliphatic imine (C=N–C) groups is 1. The van der Waals surface area contributed by atoms with E-state index >= 15 is 0 Å². The Morgan fingerprint density at radius 3 is 2.96 bits per heavy atom. The van der Waals surface area contributed by atoms with Gasteiger partial charge in [0.05, 0.1) is 23.6 Å². The SMILES string of the molecule is Cc1ccc(Cl)cc1N1C(=NC(=O)CC#N)S[C@@H]2CS(=O)(=O)C[C@H]21. The Morgan fingerprint density at radius 1 is 1.50 bits per heavy atom. The van der Waals surface area contributed by atoms with Crippen LogP contribution in [0.3, 0.4) is 0 Å². The topological polar surface area (TPSA) is 90.6 Å². The van der Waals surface area contributed by atoms with Gasteiger partial charge in [0.15, 0.2) is 15.0 Å². The van der Waals surface area contributed by atoms with Gasteiger partial charge in [-0.2, -0.15) is 10.3 Å². The van der Waals surface area contributed by atoms with E-state index in [9.17, 15) is 13.2 Å². The van der Waals surface area contributed by atoms with Gasteiger partial charge in [-0.3, -0.25) is 4.79 Å². The van der Waals surface area contributed by atoms with Gasteiger partial charge < -0.3 is 4.90 Å². The standard InChI is InChI=1S/C15H14ClN3O3S2/c1-9-2-3-10(16)6-11(9)19-12-7-24(21,22)8-13(12)23-15(19)18-14(20)4-5-17/h2-3,6,12-13H,4,7-8H2,1H3/t12-,13-/m1/s1. The van der Waals surface area contributed by atoms with Crippen LogP contribution in [-0.4, -0.2) is 42.3 Å². The van der Waals surface area contributed by atoms with Crippen molar-refractivity contribution in [3.63, 3.8) is 0 Å². The van der Waals surface area contributed by atoms with E-state index in [1.54, 1.807) is 23.1 Å². The molecular formula is C15H14ClN3O3S2. The summed E-state index contributed by atoms with van der Waals surface area (Å²) in [5.74, 6) is -0.459. The number of nitriles is 1. The fourth-order valence-corrected chi connectivity index (χ4v) is 6.99. The highest BCUT2D eigenvalue weighted by Gasteiger charge is 2.49. The minimum absolute atomic E-state index is 0.0160. The molecule has 0 spiro atoms. The van der Waals surface area contributed by atoms with E-state index < -0.39 is 15.7 Å². The minimum atomic E-state index is -3.12. The number of amides is 1. The number of halogens is 1. The van der Waals surface area contributed by atoms with Gasteiger partial charge in [-0.25, -0.2) is 8.42 Å². The molecule has 0 saturated carbocycles. The van der Waals surface area contributed by atoms with Gasteiger partial charge >= 0.3 is 0 Å². The molecule has 2 aliphatic heterocycles. The third-order valence-electron chi connectivity index (χ3n) is 3.95. The molecule has 3 rings (SSSR count). The Labute approximate surface area is 149 Å². The highest BCUT2D eigenvalue weighted by atomic mass is 35.5. The van der Waals surface area contributed by atoms with Gasteiger partial charge in [-0.1, -0.05) is 29.4 Å². The van der Waals surface area contributed by atoms with Crippen LogP contribution in [-0.2, 0) is 14.6 Å². The Hall–Kier alpha value is -1.56. The smallest absolute Gasteiger partial charge is 0.262 e. The van der Waals surface area contributed by atoms with Gasteiger partial charge in [-0.15, -0.1) is 0 Å². The second-order valence-corrected chi connectivity index (χ2v) is 9.52. The van der Waals surface area contributed by atoms with Gasteiger partial charge in [-0.05, 0) is 24.6 Å². The second-order valence-electron chi connectivity index (χ2n) is 5.72. The average Bonchev–Trinajstić information content (AvgIpc) is 2.93. The molecule has 126 valence electrons. The number of rotatable bonds is 2. The molecule has 9 heteroatoms. The van der Waals surface area contributed by atoms with Crippen LogP contribution in [0.1, 0.15) is 12.0 Å². The molecule has 2 fully saturated rings. The summed E-state index contributed by atoms with van der Waals surface area (Å²) in [7, 11) is -3.12. The summed E-state index contributed by atoms with van der Waals surface area (Å²) in [5, 5.41) is 9.42. The van der Waals surface area contributed by atoms with Crippen LogP contribution in [0.15, 0.2) is 23.2 Å². The molecule has 24 heavy (non-hydrogen) atoms. The summed E-state index contributed by atoms with van der Waals surface area (Å²) in [5.41, 5.74) is 1.65. The number of benzene rings is 1. The monoisotopic (exact) mass is 383 g/mol. The molecule has 1 aromatic carbocycles. The van der Waals surface area contributed by atoms with Crippen molar-refractivity contribution in [2.24, 2.45) is 4.99 Å². The van der Waals surface area contributed by atoms with Crippen molar-refractivity contribution >= 4 is 50.0 Å². The lowest BCUT2D eigenvalue weighted by molar-refractivity contribution is -0.116. The highest BCUT2D eigenvalue weighted by molar-refractivity contribution is 8.16. The Kier molecular flexibility index (Phi) is 4.60. The van der Waals surface area contributed by atoms with Crippen molar-refractivity contribution in [2.75, 3.05) is 16.4 Å². The van der Waals surface area contributed by atoms with Crippen LogP contribution < -0.4 is 4.90 Å². The molecule has 1 aromatic rings. The lowest BCUT2D eigenvalue weighted by atomic mass is 10.1. The van der Waals surface area contributed by atoms with Crippen molar-refractivity contribution in [1.29, 1.82) is 5.26 Å². The fourth-order valence-electron chi connectivity index (χ4n) is 2.90. The van der Waals surface area contributed by atoms with Crippen LogP contribution in [0, 0.1) is 18.3 Å². The third kappa shape index (κ3) is 3.29. The number of thioether (sulfide) groups is 1. The van der Waals surface area contributed by atoms with Gasteiger partial charge in [0.25, 0.3) is 5.91 Å². The zero-order valence-electron chi connectivity index (χ0n) is 12.8. The molecule has 0 bridgehead atoms. The number of anilines is 1. The quantitative estimate of drug-likeness (QED) is 0.777. The first kappa shape index (κ1) is 17.3. The van der Waals surface area contributed by atoms with E-state index in [0.29, 0.717) is 10.2 Å². The van der Waals surface area contributed by atoms with E-state index in [0.717, 1.165) is 11.3 Å². The molecule has 0 aliphatic carbocycles. The van der Waals surface area contributed by atoms with Gasteiger partial charge in [0.2, 0.25) is 0 Å². The van der Waals surface area contributed by atoms with Crippen LogP contribution in [0.2, 0.25) is 5.02 Å². The summed E-state index contributed by atoms with van der Waals surface area (Å²) in [6.07, 6.45) is -0.305. The molecule has 2 atom stereocenters. The molecule has 0 unspecified atom stereocenters. The first-order chi connectivity index (χ1) is 11.3. The van der Waals surface area contributed by atoms with E-state index in [1.165, 1.54) is 11.8 Å². The van der Waals surface area contributed by atoms with Crippen LogP contribution in [0.4, 0.5) is 5.69 Å². The van der Waals surface area contributed by atoms with Crippen LogP contribution in [0.25, 0.3) is 0 Å². The maximum absolute atomic E-state index is 12.0. The lowest BCUT2D eigenvalue weighted by Crippen LogP contribution is -2.38. The van der Waals surface area contributed by atoms with Gasteiger partial charge in [0, 0.05) is 16.0 Å². The zero-order chi connectivity index (χ0) is 17.5. The Bertz CT molecular complexity index is 876. The van der Waals surface area contributed by atoms with Crippen LogP contribution in [0.5, 0.6) is 0 Å². The van der Waals surface area contributed by atoms with E-state index in [-0.39, 0.29) is 29.2 Å². The van der Waals surface area contributed by atoms with Crippen molar-refractivity contribution in [3.8, 4) is 6.07 Å². The lowest BCUT2D eigenvalue weighted by Gasteiger charge is -2.26. The largest absolute Gasteiger partial charge is 0.315 e. The number of amidine groups is 1. The Balaban J connectivity index is 2.06. The van der Waals surface area contributed by atoms with Crippen molar-refractivity contribution in [3.05, 3.63) is 28.8 Å². The number of hydrogen-bond donors (Lipinski definition) is 0. The number of fused-ring (bicyclic) bond motifs is 1. The number of aryl methyl sites for hydroxylation is 1. The molecule has 0 N–H and O–H groups in total. The number of carbonyl (C=O) groups is 1. The molecule has 0 radical (unpaired) electrons. The van der Waals surface area contributed by atoms with E-state index in [2.05, 4.69) is 4.99 Å². The number of carbonyl (C=O) groups excluding carboxylic acids is 1. The third-order valence-corrected chi connectivity index (χ3v) is 7.39. The average molecular weight is 384 g/mol. The number of hydrogen-bond acceptors (Lipinski definition) is 5. The summed E-state index contributed by atoms with van der Waals surface area (Å²) >= 11 is 7.37. The van der Waals surface area contributed by atoms with E-state index in [4.69, 9.17) is 16.9 Å². The van der Waals surface area contributed by atoms with Crippen molar-refractivity contribution < 1.29 is 13.2 Å². The molecule has 1 amide bonds. The maximum atomic E-state index is 12.0. The van der Waals surface area contributed by atoms with Crippen molar-refractivity contribution in [1.82, 2.24) is 0 Å².